The lowest BCUT2D eigenvalue weighted by atomic mass is 10.3. The second-order valence-electron chi connectivity index (χ2n) is 6.26. The van der Waals surface area contributed by atoms with E-state index < -0.39 is 5.91 Å². The van der Waals surface area contributed by atoms with E-state index in [4.69, 9.17) is 21.8 Å². The van der Waals surface area contributed by atoms with Gasteiger partial charge in [0.1, 0.15) is 11.2 Å². The van der Waals surface area contributed by atoms with Gasteiger partial charge in [0, 0.05) is 17.8 Å². The average Bonchev–Trinajstić information content (AvgIpc) is 3.40. The number of hydrogen-bond acceptors (Lipinski definition) is 7. The summed E-state index contributed by atoms with van der Waals surface area (Å²) in [4.78, 5) is 21.9. The van der Waals surface area contributed by atoms with Crippen molar-refractivity contribution in [3.05, 3.63) is 53.5 Å². The Bertz CT molecular complexity index is 1390. The predicted molar refractivity (Wildman–Crippen MR) is 107 cm³/mol. The summed E-state index contributed by atoms with van der Waals surface area (Å²) < 4.78 is 8.18. The van der Waals surface area contributed by atoms with Gasteiger partial charge >= 0.3 is 0 Å². The Morgan fingerprint density at radius 3 is 2.83 bits per heavy atom. The maximum absolute atomic E-state index is 13.0. The minimum absolute atomic E-state index is 0.00381. The summed E-state index contributed by atoms with van der Waals surface area (Å²) in [5.41, 5.74) is 7.29. The highest BCUT2D eigenvalue weighted by Crippen LogP contribution is 2.26. The van der Waals surface area contributed by atoms with Gasteiger partial charge in [-0.3, -0.25) is 9.48 Å². The monoisotopic (exact) mass is 408 g/mol. The zero-order valence-electron chi connectivity index (χ0n) is 15.0. The van der Waals surface area contributed by atoms with Gasteiger partial charge in [-0.15, -0.1) is 5.10 Å². The van der Waals surface area contributed by atoms with Crippen molar-refractivity contribution in [1.82, 2.24) is 29.4 Å². The summed E-state index contributed by atoms with van der Waals surface area (Å²) in [7, 11) is 1.68. The number of aromatic nitrogens is 6. The number of carbonyl (C=O) groups excluding carboxylic acids is 1. The molecule has 4 heterocycles. The molecule has 0 aliphatic heterocycles. The molecule has 0 spiro atoms. The Morgan fingerprint density at radius 2 is 2.07 bits per heavy atom. The summed E-state index contributed by atoms with van der Waals surface area (Å²) in [6.45, 7) is 0. The minimum Gasteiger partial charge on any atom is -0.461 e. The second kappa shape index (κ2) is 6.31. The van der Waals surface area contributed by atoms with E-state index >= 15 is 0 Å². The van der Waals surface area contributed by atoms with Crippen molar-refractivity contribution in [2.45, 2.75) is 0 Å². The summed E-state index contributed by atoms with van der Waals surface area (Å²) in [6.07, 6.45) is 1.51. The van der Waals surface area contributed by atoms with Crippen molar-refractivity contribution < 1.29 is 9.21 Å². The highest BCUT2D eigenvalue weighted by molar-refractivity contribution is 6.31. The Kier molecular flexibility index (Phi) is 3.74. The molecule has 0 aliphatic carbocycles. The number of nitrogens with one attached hydrogen (secondary N) is 1. The molecule has 5 aromatic rings. The lowest BCUT2D eigenvalue weighted by Crippen LogP contribution is -2.19. The van der Waals surface area contributed by atoms with Crippen LogP contribution in [0, 0.1) is 0 Å². The Labute approximate surface area is 167 Å². The molecule has 0 bridgehead atoms. The molecule has 11 heteroatoms. The molecule has 10 nitrogen and oxygen atoms in total. The van der Waals surface area contributed by atoms with Crippen LogP contribution in [0.15, 0.2) is 47.1 Å². The molecule has 0 atom stereocenters. The molecule has 4 aromatic heterocycles. The number of carbonyl (C=O) groups is 1. The summed E-state index contributed by atoms with van der Waals surface area (Å²) in [5.74, 6) is 0.600. The number of fused-ring (bicyclic) bond motifs is 3. The van der Waals surface area contributed by atoms with Crippen molar-refractivity contribution in [1.29, 1.82) is 0 Å². The van der Waals surface area contributed by atoms with Crippen LogP contribution in [0.2, 0.25) is 5.02 Å². The van der Waals surface area contributed by atoms with Gasteiger partial charge in [0.05, 0.1) is 6.26 Å². The highest BCUT2D eigenvalue weighted by Gasteiger charge is 2.23. The van der Waals surface area contributed by atoms with E-state index in [0.717, 1.165) is 0 Å². The largest absolute Gasteiger partial charge is 0.461 e. The Balaban J connectivity index is 1.72. The number of furan rings is 1. The smallest absolute Gasteiger partial charge is 0.293 e. The third-order valence-electron chi connectivity index (χ3n) is 4.34. The summed E-state index contributed by atoms with van der Waals surface area (Å²) in [5, 5.41) is 12.4. The van der Waals surface area contributed by atoms with Crippen molar-refractivity contribution in [3.8, 4) is 11.6 Å². The van der Waals surface area contributed by atoms with Crippen molar-refractivity contribution in [3.63, 3.8) is 0 Å². The molecule has 0 fully saturated rings. The molecule has 1 amide bonds. The van der Waals surface area contributed by atoms with Gasteiger partial charge in [-0.2, -0.15) is 9.61 Å². The van der Waals surface area contributed by atoms with E-state index in [2.05, 4.69) is 25.5 Å². The van der Waals surface area contributed by atoms with Gasteiger partial charge in [-0.1, -0.05) is 17.7 Å². The molecular weight excluding hydrogens is 396 g/mol. The molecule has 0 aliphatic rings. The number of nitrogens with zero attached hydrogens (tertiary/aromatic N) is 6. The van der Waals surface area contributed by atoms with Crippen LogP contribution < -0.4 is 11.1 Å². The van der Waals surface area contributed by atoms with Crippen molar-refractivity contribution in [2.24, 2.45) is 7.05 Å². The first-order chi connectivity index (χ1) is 14.0. The third kappa shape index (κ3) is 2.77. The SMILES string of the molecule is Cn1nc2nc(C(=O)Nc3cccc(Cl)c3)n3nc(-c4ccco4)nc3c2c1N. The van der Waals surface area contributed by atoms with E-state index in [1.807, 2.05) is 0 Å². The van der Waals surface area contributed by atoms with E-state index in [1.54, 1.807) is 43.4 Å². The second-order valence-corrected chi connectivity index (χ2v) is 6.69. The van der Waals surface area contributed by atoms with Gasteiger partial charge in [0.15, 0.2) is 17.1 Å². The van der Waals surface area contributed by atoms with Crippen molar-refractivity contribution in [2.75, 3.05) is 11.1 Å². The molecule has 29 heavy (non-hydrogen) atoms. The Morgan fingerprint density at radius 1 is 1.21 bits per heavy atom. The van der Waals surface area contributed by atoms with Crippen LogP contribution in [0.5, 0.6) is 0 Å². The number of nitrogens with two attached hydrogens (primary N) is 1. The molecule has 0 unspecified atom stereocenters. The lowest BCUT2D eigenvalue weighted by molar-refractivity contribution is 0.101. The number of amides is 1. The van der Waals surface area contributed by atoms with Crippen LogP contribution in [0.4, 0.5) is 11.5 Å². The molecule has 5 rings (SSSR count). The molecule has 144 valence electrons. The van der Waals surface area contributed by atoms with Gasteiger partial charge in [-0.05, 0) is 30.3 Å². The first kappa shape index (κ1) is 17.2. The topological polar surface area (TPSA) is 129 Å². The lowest BCUT2D eigenvalue weighted by Gasteiger charge is -2.06. The van der Waals surface area contributed by atoms with Crippen LogP contribution in [-0.4, -0.2) is 35.3 Å². The third-order valence-corrected chi connectivity index (χ3v) is 4.58. The van der Waals surface area contributed by atoms with Gasteiger partial charge in [0.25, 0.3) is 5.91 Å². The van der Waals surface area contributed by atoms with Crippen LogP contribution in [-0.2, 0) is 7.05 Å². The zero-order chi connectivity index (χ0) is 20.1. The van der Waals surface area contributed by atoms with Gasteiger partial charge in [-0.25, -0.2) is 9.97 Å². The number of nitrogen functional groups attached to an aromatic ring is 1. The number of hydrogen-bond donors (Lipinski definition) is 2. The number of benzene rings is 1. The molecule has 0 saturated carbocycles. The number of halogens is 1. The van der Waals surface area contributed by atoms with E-state index in [-0.39, 0.29) is 11.5 Å². The average molecular weight is 409 g/mol. The quantitative estimate of drug-likeness (QED) is 0.469. The van der Waals surface area contributed by atoms with E-state index in [9.17, 15) is 4.79 Å². The molecule has 0 saturated heterocycles. The fourth-order valence-electron chi connectivity index (χ4n) is 2.99. The molecule has 0 radical (unpaired) electrons. The van der Waals surface area contributed by atoms with Crippen LogP contribution in [0.3, 0.4) is 0 Å². The van der Waals surface area contributed by atoms with Gasteiger partial charge in [0.2, 0.25) is 11.6 Å². The maximum Gasteiger partial charge on any atom is 0.293 e. The van der Waals surface area contributed by atoms with E-state index in [0.29, 0.717) is 39.1 Å². The maximum atomic E-state index is 13.0. The first-order valence-electron chi connectivity index (χ1n) is 8.51. The molecule has 1 aromatic carbocycles. The highest BCUT2D eigenvalue weighted by atomic mass is 35.5. The minimum atomic E-state index is -0.501. The fraction of sp³-hybridized carbons (Fsp3) is 0.0556. The molecule has 3 N–H and O–H groups in total. The standard InChI is InChI=1S/C18H13ClN8O2/c1-26-13(20)12-15(24-26)23-17(18(28)21-10-5-2-4-9(19)8-10)27-16(12)22-14(25-27)11-6-3-7-29-11/h2-8H,20H2,1H3,(H,21,28). The summed E-state index contributed by atoms with van der Waals surface area (Å²) >= 11 is 6.00. The number of rotatable bonds is 3. The number of anilines is 2. The van der Waals surface area contributed by atoms with Crippen LogP contribution in [0.1, 0.15) is 10.6 Å². The zero-order valence-corrected chi connectivity index (χ0v) is 15.8. The first-order valence-corrected chi connectivity index (χ1v) is 8.89. The van der Waals surface area contributed by atoms with Crippen LogP contribution >= 0.6 is 11.6 Å². The van der Waals surface area contributed by atoms with Crippen LogP contribution in [0.25, 0.3) is 28.3 Å². The van der Waals surface area contributed by atoms with Gasteiger partial charge < -0.3 is 15.5 Å². The fourth-order valence-corrected chi connectivity index (χ4v) is 3.19. The number of aryl methyl sites for hydroxylation is 1. The Hall–Kier alpha value is -3.92. The normalized spacial score (nSPS) is 11.4. The van der Waals surface area contributed by atoms with E-state index in [1.165, 1.54) is 15.5 Å². The van der Waals surface area contributed by atoms with Crippen molar-refractivity contribution >= 4 is 45.7 Å². The predicted octanol–water partition coefficient (Wildman–Crippen LogP) is 2.76. The molecular formula is C18H13ClN8O2. The summed E-state index contributed by atoms with van der Waals surface area (Å²) in [6, 6.07) is 10.2.